The quantitative estimate of drug-likeness (QED) is 0.331. The smallest absolute Gasteiger partial charge is 0.335 e. The van der Waals surface area contributed by atoms with Gasteiger partial charge in [-0.2, -0.15) is 0 Å². The lowest BCUT2D eigenvalue weighted by Gasteiger charge is -2.24. The Bertz CT molecular complexity index is 1650. The number of amides is 2. The largest absolute Gasteiger partial charge is 0.493 e. The van der Waals surface area contributed by atoms with Crippen LogP contribution < -0.4 is 15.9 Å². The first-order chi connectivity index (χ1) is 19.3. The van der Waals surface area contributed by atoms with Crippen LogP contribution in [0.1, 0.15) is 47.8 Å². The lowest BCUT2D eigenvalue weighted by Crippen LogP contribution is -2.37. The molecular weight excluding hydrogens is 532 g/mol. The molecule has 2 aromatic heterocycles. The SMILES string of the molecule is CN(C(=O)CN1CCCC1)c1ccc(-n2c(O)c3n(c2=O)CCC[C@H]3NC(=O)c2ccc3c(Cl)c[nH]c3c2)cc1. The number of likely N-dealkylation sites (N-methyl/N-ethyl adjacent to an activating group) is 1. The molecule has 0 aliphatic carbocycles. The summed E-state index contributed by atoms with van der Waals surface area (Å²) in [5.74, 6) is -0.504. The molecule has 0 radical (unpaired) electrons. The van der Waals surface area contributed by atoms with Crippen LogP contribution in [0.2, 0.25) is 5.02 Å². The highest BCUT2D eigenvalue weighted by Crippen LogP contribution is 2.33. The summed E-state index contributed by atoms with van der Waals surface area (Å²) in [5, 5.41) is 15.6. The van der Waals surface area contributed by atoms with Crippen LogP contribution in [0.5, 0.6) is 5.88 Å². The van der Waals surface area contributed by atoms with Gasteiger partial charge in [-0.1, -0.05) is 17.7 Å². The van der Waals surface area contributed by atoms with Crippen molar-refractivity contribution in [1.82, 2.24) is 24.3 Å². The Morgan fingerprint density at radius 1 is 1.10 bits per heavy atom. The third kappa shape index (κ3) is 4.67. The Hall–Kier alpha value is -4.02. The first-order valence-electron chi connectivity index (χ1n) is 13.5. The number of fused-ring (bicyclic) bond motifs is 2. The minimum atomic E-state index is -0.535. The van der Waals surface area contributed by atoms with Gasteiger partial charge in [-0.05, 0) is 75.2 Å². The van der Waals surface area contributed by atoms with Gasteiger partial charge in [0.05, 0.1) is 23.3 Å². The Morgan fingerprint density at radius 2 is 1.85 bits per heavy atom. The molecule has 0 unspecified atom stereocenters. The van der Waals surface area contributed by atoms with Crippen LogP contribution in [-0.4, -0.2) is 62.6 Å². The maximum Gasteiger partial charge on any atom is 0.335 e. The van der Waals surface area contributed by atoms with E-state index in [0.717, 1.165) is 36.8 Å². The summed E-state index contributed by atoms with van der Waals surface area (Å²) in [7, 11) is 1.74. The number of benzene rings is 2. The number of halogens is 1. The van der Waals surface area contributed by atoms with Crippen molar-refractivity contribution in [3.63, 3.8) is 0 Å². The number of aromatic hydroxyl groups is 1. The predicted octanol–water partition coefficient (Wildman–Crippen LogP) is 3.80. The van der Waals surface area contributed by atoms with Crippen molar-refractivity contribution in [3.05, 3.63) is 75.4 Å². The zero-order valence-corrected chi connectivity index (χ0v) is 22.9. The van der Waals surface area contributed by atoms with E-state index in [1.54, 1.807) is 60.6 Å². The maximum absolute atomic E-state index is 13.4. The summed E-state index contributed by atoms with van der Waals surface area (Å²) in [6, 6.07) is 11.6. The fraction of sp³-hybridized carbons (Fsp3) is 0.345. The molecule has 10 nitrogen and oxygen atoms in total. The number of carbonyl (C=O) groups excluding carboxylic acids is 2. The van der Waals surface area contributed by atoms with Crippen molar-refractivity contribution >= 4 is 40.0 Å². The molecule has 1 atom stereocenters. The topological polar surface area (TPSA) is 116 Å². The average molecular weight is 563 g/mol. The molecule has 3 N–H and O–H groups in total. The highest BCUT2D eigenvalue weighted by Gasteiger charge is 2.31. The van der Waals surface area contributed by atoms with E-state index < -0.39 is 6.04 Å². The monoisotopic (exact) mass is 562 g/mol. The third-order valence-corrected chi connectivity index (χ3v) is 8.30. The zero-order chi connectivity index (χ0) is 28.0. The first kappa shape index (κ1) is 26.2. The number of hydrogen-bond acceptors (Lipinski definition) is 5. The number of likely N-dealkylation sites (tertiary alicyclic amines) is 1. The molecule has 2 aliphatic rings. The number of aromatic amines is 1. The highest BCUT2D eigenvalue weighted by atomic mass is 35.5. The van der Waals surface area contributed by atoms with E-state index in [1.165, 1.54) is 9.13 Å². The molecule has 4 aromatic rings. The summed E-state index contributed by atoms with van der Waals surface area (Å²) >= 11 is 6.16. The fourth-order valence-electron chi connectivity index (χ4n) is 5.75. The minimum Gasteiger partial charge on any atom is -0.493 e. The number of nitrogens with zero attached hydrogens (tertiary/aromatic N) is 4. The van der Waals surface area contributed by atoms with Gasteiger partial charge in [-0.25, -0.2) is 9.36 Å². The minimum absolute atomic E-state index is 0.00564. The summed E-state index contributed by atoms with van der Waals surface area (Å²) in [4.78, 5) is 46.1. The van der Waals surface area contributed by atoms with Crippen molar-refractivity contribution in [2.75, 3.05) is 31.6 Å². The van der Waals surface area contributed by atoms with Crippen LogP contribution in [0, 0.1) is 0 Å². The van der Waals surface area contributed by atoms with E-state index in [9.17, 15) is 19.5 Å². The molecule has 0 saturated carbocycles. The number of nitrogens with one attached hydrogen (secondary N) is 2. The van der Waals surface area contributed by atoms with E-state index in [0.29, 0.717) is 53.6 Å². The van der Waals surface area contributed by atoms with Gasteiger partial charge in [0.25, 0.3) is 5.91 Å². The fourth-order valence-corrected chi connectivity index (χ4v) is 5.97. The molecule has 4 heterocycles. The third-order valence-electron chi connectivity index (χ3n) is 7.98. The molecule has 1 fully saturated rings. The summed E-state index contributed by atoms with van der Waals surface area (Å²) in [5.41, 5.74) is 2.39. The second kappa shape index (κ2) is 10.5. The van der Waals surface area contributed by atoms with Crippen molar-refractivity contribution in [2.45, 2.75) is 38.3 Å². The molecule has 11 heteroatoms. The molecule has 2 amide bonds. The maximum atomic E-state index is 13.4. The van der Waals surface area contributed by atoms with Crippen LogP contribution in [0.3, 0.4) is 0 Å². The molecule has 0 spiro atoms. The second-order valence-corrected chi connectivity index (χ2v) is 10.9. The number of anilines is 1. The first-order valence-corrected chi connectivity index (χ1v) is 13.9. The number of H-pyrrole nitrogens is 1. The summed E-state index contributed by atoms with van der Waals surface area (Å²) < 4.78 is 2.78. The molecule has 208 valence electrons. The van der Waals surface area contributed by atoms with Gasteiger partial charge >= 0.3 is 5.69 Å². The van der Waals surface area contributed by atoms with Crippen molar-refractivity contribution in [1.29, 1.82) is 0 Å². The number of carbonyl (C=O) groups is 2. The van der Waals surface area contributed by atoms with E-state index in [-0.39, 0.29) is 23.4 Å². The van der Waals surface area contributed by atoms with Crippen LogP contribution in [-0.2, 0) is 11.3 Å². The van der Waals surface area contributed by atoms with Gasteiger partial charge in [0.2, 0.25) is 11.8 Å². The van der Waals surface area contributed by atoms with Gasteiger partial charge in [0.1, 0.15) is 5.69 Å². The van der Waals surface area contributed by atoms with Crippen molar-refractivity contribution < 1.29 is 14.7 Å². The molecular formula is C29H31ClN6O4. The Labute approximate surface area is 235 Å². The number of hydrogen-bond donors (Lipinski definition) is 3. The molecule has 2 aliphatic heterocycles. The van der Waals surface area contributed by atoms with Gasteiger partial charge in [0.15, 0.2) is 0 Å². The normalized spacial score (nSPS) is 17.2. The molecule has 40 heavy (non-hydrogen) atoms. The summed E-state index contributed by atoms with van der Waals surface area (Å²) in [6.45, 7) is 2.71. The van der Waals surface area contributed by atoms with Crippen LogP contribution >= 0.6 is 11.6 Å². The Morgan fingerprint density at radius 3 is 2.60 bits per heavy atom. The Balaban J connectivity index is 1.23. The lowest BCUT2D eigenvalue weighted by atomic mass is 10.0. The second-order valence-electron chi connectivity index (χ2n) is 10.5. The van der Waals surface area contributed by atoms with Crippen molar-refractivity contribution in [2.24, 2.45) is 0 Å². The number of aromatic nitrogens is 3. The number of imidazole rings is 1. The zero-order valence-electron chi connectivity index (χ0n) is 22.2. The lowest BCUT2D eigenvalue weighted by molar-refractivity contribution is -0.119. The highest BCUT2D eigenvalue weighted by molar-refractivity contribution is 6.35. The van der Waals surface area contributed by atoms with E-state index in [2.05, 4.69) is 15.2 Å². The van der Waals surface area contributed by atoms with E-state index in [4.69, 9.17) is 11.6 Å². The van der Waals surface area contributed by atoms with Gasteiger partial charge in [-0.15, -0.1) is 0 Å². The standard InChI is InChI=1S/C29H31ClN6O4/c1-33(25(37)17-34-12-2-3-13-34)19-7-9-20(10-8-19)36-28(39)26-23(5-4-14-35(26)29(36)40)32-27(38)18-6-11-21-22(30)16-31-24(21)15-18/h6-11,15-16,23,31,39H,2-5,12-14,17H2,1H3,(H,32,38)/t23-/m1/s1. The van der Waals surface area contributed by atoms with Crippen LogP contribution in [0.4, 0.5) is 5.69 Å². The van der Waals surface area contributed by atoms with Gasteiger partial charge in [0, 0.05) is 41.9 Å². The van der Waals surface area contributed by atoms with Gasteiger partial charge < -0.3 is 20.3 Å². The Kier molecular flexibility index (Phi) is 6.89. The summed E-state index contributed by atoms with van der Waals surface area (Å²) in [6.07, 6.45) is 5.17. The predicted molar refractivity (Wildman–Crippen MR) is 154 cm³/mol. The van der Waals surface area contributed by atoms with Crippen LogP contribution in [0.15, 0.2) is 53.5 Å². The van der Waals surface area contributed by atoms with Crippen molar-refractivity contribution in [3.8, 4) is 11.6 Å². The number of rotatable bonds is 6. The molecule has 2 aromatic carbocycles. The van der Waals surface area contributed by atoms with E-state index >= 15 is 0 Å². The molecule has 1 saturated heterocycles. The van der Waals surface area contributed by atoms with E-state index in [1.807, 2.05) is 0 Å². The van der Waals surface area contributed by atoms with Gasteiger partial charge in [-0.3, -0.25) is 19.1 Å². The van der Waals surface area contributed by atoms with Crippen LogP contribution in [0.25, 0.3) is 16.6 Å². The molecule has 0 bridgehead atoms. The average Bonchev–Trinajstić information content (AvgIpc) is 3.67. The molecule has 6 rings (SSSR count).